The van der Waals surface area contributed by atoms with Gasteiger partial charge in [0.1, 0.15) is 6.04 Å². The first-order valence-electron chi connectivity index (χ1n) is 7.68. The van der Waals surface area contributed by atoms with E-state index in [4.69, 9.17) is 0 Å². The van der Waals surface area contributed by atoms with E-state index >= 15 is 0 Å². The van der Waals surface area contributed by atoms with Gasteiger partial charge in [-0.3, -0.25) is 9.59 Å². The summed E-state index contributed by atoms with van der Waals surface area (Å²) in [5, 5.41) is 9.96. The van der Waals surface area contributed by atoms with Gasteiger partial charge in [0.05, 0.1) is 6.10 Å². The quantitative estimate of drug-likeness (QED) is 0.835. The standard InChI is InChI=1S/C15H26N2O3/c1-10(2)14(17-7-4-5-13(17)19)15(20)16-8-6-11(3)12(18)9-16/h10-12,14,18H,4-9H2,1-3H3. The van der Waals surface area contributed by atoms with E-state index in [1.165, 1.54) is 0 Å². The lowest BCUT2D eigenvalue weighted by atomic mass is 9.94. The summed E-state index contributed by atoms with van der Waals surface area (Å²) in [6, 6.07) is -0.370. The minimum atomic E-state index is -0.449. The minimum Gasteiger partial charge on any atom is -0.391 e. The molecule has 0 spiro atoms. The Bertz CT molecular complexity index is 383. The summed E-state index contributed by atoms with van der Waals surface area (Å²) in [5.41, 5.74) is 0. The number of rotatable bonds is 3. The first-order chi connectivity index (χ1) is 9.41. The van der Waals surface area contributed by atoms with E-state index in [0.29, 0.717) is 26.1 Å². The largest absolute Gasteiger partial charge is 0.391 e. The van der Waals surface area contributed by atoms with E-state index in [-0.39, 0.29) is 29.7 Å². The summed E-state index contributed by atoms with van der Waals surface area (Å²) < 4.78 is 0. The number of β-amino-alcohol motifs (C(OH)–C–C–N with tert-alkyl or cyclic N) is 1. The maximum Gasteiger partial charge on any atom is 0.245 e. The smallest absolute Gasteiger partial charge is 0.245 e. The molecule has 5 heteroatoms. The Morgan fingerprint density at radius 3 is 2.55 bits per heavy atom. The normalized spacial score (nSPS) is 29.1. The van der Waals surface area contributed by atoms with Crippen LogP contribution in [0.2, 0.25) is 0 Å². The molecule has 0 aromatic carbocycles. The third kappa shape index (κ3) is 2.97. The zero-order valence-electron chi connectivity index (χ0n) is 12.7. The molecular formula is C15H26N2O3. The van der Waals surface area contributed by atoms with Gasteiger partial charge in [-0.05, 0) is 24.7 Å². The molecule has 0 bridgehead atoms. The molecule has 3 atom stereocenters. The highest BCUT2D eigenvalue weighted by atomic mass is 16.3. The van der Waals surface area contributed by atoms with Crippen LogP contribution in [0, 0.1) is 11.8 Å². The average molecular weight is 282 g/mol. The topological polar surface area (TPSA) is 60.9 Å². The summed E-state index contributed by atoms with van der Waals surface area (Å²) in [6.45, 7) is 7.73. The van der Waals surface area contributed by atoms with Crippen LogP contribution in [-0.4, -0.2) is 58.5 Å². The summed E-state index contributed by atoms with van der Waals surface area (Å²) >= 11 is 0. The molecule has 2 fully saturated rings. The van der Waals surface area contributed by atoms with Crippen LogP contribution in [0.4, 0.5) is 0 Å². The highest BCUT2D eigenvalue weighted by Crippen LogP contribution is 2.24. The molecule has 20 heavy (non-hydrogen) atoms. The molecule has 2 amide bonds. The molecule has 0 radical (unpaired) electrons. The van der Waals surface area contributed by atoms with Crippen LogP contribution in [0.5, 0.6) is 0 Å². The van der Waals surface area contributed by atoms with Crippen molar-refractivity contribution < 1.29 is 14.7 Å². The maximum absolute atomic E-state index is 12.7. The zero-order chi connectivity index (χ0) is 14.9. The molecule has 2 aliphatic heterocycles. The molecule has 0 saturated carbocycles. The second-order valence-electron chi connectivity index (χ2n) is 6.50. The Kier molecular flexibility index (Phi) is 4.68. The van der Waals surface area contributed by atoms with E-state index < -0.39 is 6.10 Å². The van der Waals surface area contributed by atoms with Crippen molar-refractivity contribution in [3.63, 3.8) is 0 Å². The number of carbonyl (C=O) groups is 2. The van der Waals surface area contributed by atoms with Crippen molar-refractivity contribution in [1.82, 2.24) is 9.80 Å². The molecule has 0 aromatic rings. The van der Waals surface area contributed by atoms with Crippen LogP contribution in [0.25, 0.3) is 0 Å². The fourth-order valence-electron chi connectivity index (χ4n) is 3.18. The van der Waals surface area contributed by atoms with Crippen molar-refractivity contribution in [2.45, 2.75) is 52.2 Å². The van der Waals surface area contributed by atoms with Gasteiger partial charge >= 0.3 is 0 Å². The molecule has 114 valence electrons. The van der Waals surface area contributed by atoms with Crippen molar-refractivity contribution in [3.05, 3.63) is 0 Å². The zero-order valence-corrected chi connectivity index (χ0v) is 12.7. The Hall–Kier alpha value is -1.10. The van der Waals surface area contributed by atoms with Crippen LogP contribution >= 0.6 is 0 Å². The average Bonchev–Trinajstić information content (AvgIpc) is 2.79. The van der Waals surface area contributed by atoms with Gasteiger partial charge < -0.3 is 14.9 Å². The number of aliphatic hydroxyl groups excluding tert-OH is 1. The molecule has 2 aliphatic rings. The number of piperidine rings is 1. The van der Waals surface area contributed by atoms with Crippen molar-refractivity contribution >= 4 is 11.8 Å². The molecule has 5 nitrogen and oxygen atoms in total. The number of amides is 2. The number of nitrogens with zero attached hydrogens (tertiary/aromatic N) is 2. The van der Waals surface area contributed by atoms with E-state index in [2.05, 4.69) is 0 Å². The van der Waals surface area contributed by atoms with Crippen LogP contribution < -0.4 is 0 Å². The van der Waals surface area contributed by atoms with Crippen LogP contribution in [0.3, 0.4) is 0 Å². The van der Waals surface area contributed by atoms with Gasteiger partial charge in [0, 0.05) is 26.1 Å². The minimum absolute atomic E-state index is 0.00111. The Morgan fingerprint density at radius 1 is 1.35 bits per heavy atom. The third-order valence-corrected chi connectivity index (χ3v) is 4.56. The van der Waals surface area contributed by atoms with E-state index in [0.717, 1.165) is 12.8 Å². The predicted molar refractivity (Wildman–Crippen MR) is 75.9 cm³/mol. The van der Waals surface area contributed by atoms with Crippen LogP contribution in [-0.2, 0) is 9.59 Å². The molecule has 0 aliphatic carbocycles. The Morgan fingerprint density at radius 2 is 2.05 bits per heavy atom. The highest BCUT2D eigenvalue weighted by molar-refractivity contribution is 5.89. The number of hydrogen-bond donors (Lipinski definition) is 1. The molecule has 2 heterocycles. The lowest BCUT2D eigenvalue weighted by Crippen LogP contribution is -2.55. The van der Waals surface area contributed by atoms with Gasteiger partial charge in [-0.1, -0.05) is 20.8 Å². The van der Waals surface area contributed by atoms with Crippen molar-refractivity contribution in [2.75, 3.05) is 19.6 Å². The van der Waals surface area contributed by atoms with Crippen LogP contribution in [0.1, 0.15) is 40.0 Å². The van der Waals surface area contributed by atoms with Gasteiger partial charge in [-0.25, -0.2) is 0 Å². The number of carbonyl (C=O) groups excluding carboxylic acids is 2. The lowest BCUT2D eigenvalue weighted by Gasteiger charge is -2.39. The molecule has 0 aromatic heterocycles. The van der Waals surface area contributed by atoms with E-state index in [9.17, 15) is 14.7 Å². The first-order valence-corrected chi connectivity index (χ1v) is 7.68. The van der Waals surface area contributed by atoms with Crippen molar-refractivity contribution in [1.29, 1.82) is 0 Å². The lowest BCUT2D eigenvalue weighted by molar-refractivity contribution is -0.148. The molecule has 3 unspecified atom stereocenters. The maximum atomic E-state index is 12.7. The van der Waals surface area contributed by atoms with Gasteiger partial charge in [-0.15, -0.1) is 0 Å². The molecule has 2 rings (SSSR count). The number of likely N-dealkylation sites (tertiary alicyclic amines) is 2. The van der Waals surface area contributed by atoms with Crippen molar-refractivity contribution in [3.8, 4) is 0 Å². The van der Waals surface area contributed by atoms with Gasteiger partial charge in [0.2, 0.25) is 11.8 Å². The Balaban J connectivity index is 2.09. The SMILES string of the molecule is CC(C)C(C(=O)N1CCC(C)C(O)C1)N1CCCC1=O. The summed E-state index contributed by atoms with van der Waals surface area (Å²) in [5.74, 6) is 0.426. The summed E-state index contributed by atoms with van der Waals surface area (Å²) in [6.07, 6.45) is 1.77. The van der Waals surface area contributed by atoms with Gasteiger partial charge in [0.25, 0.3) is 0 Å². The fourth-order valence-corrected chi connectivity index (χ4v) is 3.18. The first kappa shape index (κ1) is 15.3. The van der Waals surface area contributed by atoms with Crippen LogP contribution in [0.15, 0.2) is 0 Å². The summed E-state index contributed by atoms with van der Waals surface area (Å²) in [4.78, 5) is 28.1. The highest BCUT2D eigenvalue weighted by Gasteiger charge is 2.39. The second kappa shape index (κ2) is 6.12. The molecular weight excluding hydrogens is 256 g/mol. The van der Waals surface area contributed by atoms with Gasteiger partial charge in [0.15, 0.2) is 0 Å². The fraction of sp³-hybridized carbons (Fsp3) is 0.867. The Labute approximate surface area is 120 Å². The summed E-state index contributed by atoms with van der Waals surface area (Å²) in [7, 11) is 0. The predicted octanol–water partition coefficient (Wildman–Crippen LogP) is 0.863. The number of hydrogen-bond acceptors (Lipinski definition) is 3. The molecule has 2 saturated heterocycles. The second-order valence-corrected chi connectivity index (χ2v) is 6.50. The number of aliphatic hydroxyl groups is 1. The third-order valence-electron chi connectivity index (χ3n) is 4.56. The van der Waals surface area contributed by atoms with Gasteiger partial charge in [-0.2, -0.15) is 0 Å². The van der Waals surface area contributed by atoms with Crippen molar-refractivity contribution in [2.24, 2.45) is 11.8 Å². The molecule has 1 N–H and O–H groups in total. The van der Waals surface area contributed by atoms with E-state index in [1.807, 2.05) is 20.8 Å². The van der Waals surface area contributed by atoms with E-state index in [1.54, 1.807) is 9.80 Å². The monoisotopic (exact) mass is 282 g/mol.